The first-order valence-electron chi connectivity index (χ1n) is 13.8. The molecule has 0 fully saturated rings. The molecule has 0 bridgehead atoms. The number of nitrogens with zero attached hydrogens (tertiary/aromatic N) is 1. The average molecular weight is 586 g/mol. The Morgan fingerprint density at radius 1 is 0.837 bits per heavy atom. The molecule has 4 rings (SSSR count). The van der Waals surface area contributed by atoms with Crippen LogP contribution < -0.4 is 10.6 Å². The van der Waals surface area contributed by atoms with Crippen molar-refractivity contribution in [2.45, 2.75) is 39.5 Å². The molecule has 4 aromatic carbocycles. The van der Waals surface area contributed by atoms with Gasteiger partial charge < -0.3 is 15.5 Å². The molecule has 8 heteroatoms. The number of nitrogens with one attached hydrogen (secondary N) is 2. The van der Waals surface area contributed by atoms with Crippen LogP contribution in [0.1, 0.15) is 40.9 Å². The van der Waals surface area contributed by atoms with Crippen molar-refractivity contribution in [3.05, 3.63) is 131 Å². The number of halogens is 3. The minimum atomic E-state index is -4.44. The number of hydrogen-bond acceptors (Lipinski definition) is 3. The fourth-order valence-corrected chi connectivity index (χ4v) is 4.55. The average Bonchev–Trinajstić information content (AvgIpc) is 2.99. The molecule has 0 aliphatic heterocycles. The molecule has 1 unspecified atom stereocenters. The summed E-state index contributed by atoms with van der Waals surface area (Å²) in [6.07, 6.45) is -2.77. The number of benzene rings is 4. The van der Waals surface area contributed by atoms with Gasteiger partial charge in [-0.1, -0.05) is 84.4 Å². The molecule has 2 amide bonds. The van der Waals surface area contributed by atoms with Crippen LogP contribution in [0.5, 0.6) is 0 Å². The number of carbonyl (C=O) groups excluding carboxylic acids is 2. The number of likely N-dealkylation sites (N-methyl/N-ethyl adjacent to an activating group) is 1. The molecular formula is C35H34F3N3O2. The molecule has 2 N–H and O–H groups in total. The number of hydrogen-bond donors (Lipinski definition) is 2. The summed E-state index contributed by atoms with van der Waals surface area (Å²) >= 11 is 0. The summed E-state index contributed by atoms with van der Waals surface area (Å²) in [7, 11) is 1.74. The van der Waals surface area contributed by atoms with Crippen LogP contribution in [0.15, 0.2) is 109 Å². The van der Waals surface area contributed by atoms with E-state index in [4.69, 9.17) is 0 Å². The lowest BCUT2D eigenvalue weighted by molar-refractivity contribution is -0.137. The summed E-state index contributed by atoms with van der Waals surface area (Å²) in [6.45, 7) is 5.90. The van der Waals surface area contributed by atoms with Crippen LogP contribution >= 0.6 is 0 Å². The number of allylic oxidation sites excluding steroid dienone is 1. The van der Waals surface area contributed by atoms with E-state index in [1.165, 1.54) is 17.7 Å². The summed E-state index contributed by atoms with van der Waals surface area (Å²) < 4.78 is 38.9. The van der Waals surface area contributed by atoms with E-state index in [9.17, 15) is 22.8 Å². The Morgan fingerprint density at radius 2 is 1.40 bits per heavy atom. The number of aryl methyl sites for hydroxylation is 1. The molecule has 1 atom stereocenters. The number of carbonyl (C=O) groups is 2. The number of alkyl halides is 3. The third-order valence-electron chi connectivity index (χ3n) is 7.20. The van der Waals surface area contributed by atoms with Crippen LogP contribution in [0.2, 0.25) is 0 Å². The van der Waals surface area contributed by atoms with Crippen molar-refractivity contribution in [3.63, 3.8) is 0 Å². The Kier molecular flexibility index (Phi) is 9.70. The molecular weight excluding hydrogens is 551 g/mol. The first kappa shape index (κ1) is 31.1. The quantitative estimate of drug-likeness (QED) is 0.213. The van der Waals surface area contributed by atoms with E-state index < -0.39 is 23.7 Å². The highest BCUT2D eigenvalue weighted by atomic mass is 19.4. The lowest BCUT2D eigenvalue weighted by Gasteiger charge is -2.23. The topological polar surface area (TPSA) is 61.4 Å². The SMILES string of the molecule is C/C(=C\N(C)C(C)C(=O)NCc1ccc(-c2ccc(C)cc2)cc1)NC(=O)c1ccccc1-c1ccc(C(F)(F)F)cc1. The van der Waals surface area contributed by atoms with Crippen LogP contribution in [0, 0.1) is 6.92 Å². The van der Waals surface area contributed by atoms with E-state index in [-0.39, 0.29) is 5.91 Å². The van der Waals surface area contributed by atoms with Crippen LogP contribution in [-0.4, -0.2) is 29.8 Å². The van der Waals surface area contributed by atoms with E-state index in [1.54, 1.807) is 56.3 Å². The molecule has 0 heterocycles. The third-order valence-corrected chi connectivity index (χ3v) is 7.20. The molecule has 0 aromatic heterocycles. The largest absolute Gasteiger partial charge is 0.416 e. The zero-order chi connectivity index (χ0) is 31.1. The molecule has 4 aromatic rings. The minimum absolute atomic E-state index is 0.173. The zero-order valence-electron chi connectivity index (χ0n) is 24.5. The van der Waals surface area contributed by atoms with Gasteiger partial charge >= 0.3 is 6.18 Å². The van der Waals surface area contributed by atoms with Gasteiger partial charge in [0.15, 0.2) is 0 Å². The molecule has 0 radical (unpaired) electrons. The smallest absolute Gasteiger partial charge is 0.367 e. The normalized spacial score (nSPS) is 12.4. The van der Waals surface area contributed by atoms with Gasteiger partial charge in [0.2, 0.25) is 5.91 Å². The maximum atomic E-state index is 13.1. The predicted octanol–water partition coefficient (Wildman–Crippen LogP) is 7.58. The van der Waals surface area contributed by atoms with Gasteiger partial charge in [0.25, 0.3) is 5.91 Å². The zero-order valence-corrected chi connectivity index (χ0v) is 24.5. The molecule has 0 saturated heterocycles. The van der Waals surface area contributed by atoms with Crippen molar-refractivity contribution >= 4 is 11.8 Å². The molecule has 0 aliphatic rings. The van der Waals surface area contributed by atoms with Gasteiger partial charge in [0.1, 0.15) is 6.04 Å². The minimum Gasteiger partial charge on any atom is -0.367 e. The fourth-order valence-electron chi connectivity index (χ4n) is 4.55. The highest BCUT2D eigenvalue weighted by molar-refractivity contribution is 6.01. The molecule has 5 nitrogen and oxygen atoms in total. The maximum absolute atomic E-state index is 13.1. The van der Waals surface area contributed by atoms with E-state index >= 15 is 0 Å². The van der Waals surface area contributed by atoms with Crippen molar-refractivity contribution < 1.29 is 22.8 Å². The molecule has 0 spiro atoms. The van der Waals surface area contributed by atoms with Crippen LogP contribution in [0.3, 0.4) is 0 Å². The molecule has 0 saturated carbocycles. The van der Waals surface area contributed by atoms with E-state index in [0.29, 0.717) is 28.9 Å². The Balaban J connectivity index is 1.34. The molecule has 222 valence electrons. The first-order valence-corrected chi connectivity index (χ1v) is 13.8. The second-order valence-electron chi connectivity index (χ2n) is 10.5. The van der Waals surface area contributed by atoms with Gasteiger partial charge in [-0.15, -0.1) is 0 Å². The standard InChI is InChI=1S/C35H34F3N3O2/c1-23-9-13-27(14-10-23)28-15-11-26(12-16-28)21-39-33(42)25(3)41(4)22-24(2)40-34(43)32-8-6-5-7-31(32)29-17-19-30(20-18-29)35(36,37)38/h5-20,22,25H,21H2,1-4H3,(H,39,42)(H,40,43)/b24-22+. The second-order valence-corrected chi connectivity index (χ2v) is 10.5. The van der Waals surface area contributed by atoms with Gasteiger partial charge in [0, 0.05) is 31.1 Å². The maximum Gasteiger partial charge on any atom is 0.416 e. The van der Waals surface area contributed by atoms with E-state index in [1.807, 2.05) is 24.3 Å². The molecule has 0 aliphatic carbocycles. The third kappa shape index (κ3) is 8.13. The van der Waals surface area contributed by atoms with E-state index in [0.717, 1.165) is 28.8 Å². The lowest BCUT2D eigenvalue weighted by atomic mass is 9.98. The van der Waals surface area contributed by atoms with Crippen molar-refractivity contribution in [2.24, 2.45) is 0 Å². The monoisotopic (exact) mass is 585 g/mol. The fraction of sp³-hybridized carbons (Fsp3) is 0.200. The first-order chi connectivity index (χ1) is 20.4. The summed E-state index contributed by atoms with van der Waals surface area (Å²) in [6, 6.07) is 27.3. The van der Waals surface area contributed by atoms with Crippen LogP contribution in [-0.2, 0) is 17.5 Å². The summed E-state index contributed by atoms with van der Waals surface area (Å²) in [4.78, 5) is 27.7. The van der Waals surface area contributed by atoms with Gasteiger partial charge in [-0.2, -0.15) is 13.2 Å². The van der Waals surface area contributed by atoms with Crippen molar-refractivity contribution in [2.75, 3.05) is 7.05 Å². The molecule has 43 heavy (non-hydrogen) atoms. The Hall–Kier alpha value is -4.85. The predicted molar refractivity (Wildman–Crippen MR) is 164 cm³/mol. The van der Waals surface area contributed by atoms with Gasteiger partial charge in [-0.3, -0.25) is 9.59 Å². The highest BCUT2D eigenvalue weighted by Crippen LogP contribution is 2.32. The lowest BCUT2D eigenvalue weighted by Crippen LogP contribution is -2.41. The van der Waals surface area contributed by atoms with Gasteiger partial charge in [-0.05, 0) is 66.8 Å². The Morgan fingerprint density at radius 3 is 2.00 bits per heavy atom. The van der Waals surface area contributed by atoms with E-state index in [2.05, 4.69) is 41.8 Å². The van der Waals surface area contributed by atoms with Gasteiger partial charge in [0.05, 0.1) is 5.56 Å². The number of rotatable bonds is 9. The van der Waals surface area contributed by atoms with Crippen LogP contribution in [0.25, 0.3) is 22.3 Å². The van der Waals surface area contributed by atoms with Crippen molar-refractivity contribution in [1.29, 1.82) is 0 Å². The number of amides is 2. The Bertz CT molecular complexity index is 1590. The summed E-state index contributed by atoms with van der Waals surface area (Å²) in [5.41, 5.74) is 5.48. The summed E-state index contributed by atoms with van der Waals surface area (Å²) in [5.74, 6) is -0.586. The second kappa shape index (κ2) is 13.4. The summed E-state index contributed by atoms with van der Waals surface area (Å²) in [5, 5.41) is 5.77. The Labute approximate surface area is 250 Å². The van der Waals surface area contributed by atoms with Gasteiger partial charge in [-0.25, -0.2) is 0 Å². The van der Waals surface area contributed by atoms with Crippen LogP contribution in [0.4, 0.5) is 13.2 Å². The van der Waals surface area contributed by atoms with Crippen molar-refractivity contribution in [1.82, 2.24) is 15.5 Å². The van der Waals surface area contributed by atoms with Crippen molar-refractivity contribution in [3.8, 4) is 22.3 Å². The highest BCUT2D eigenvalue weighted by Gasteiger charge is 2.30.